The fraction of sp³-hybridized carbons (Fsp3) is 0.750. The molecule has 1 aromatic heterocycles. The lowest BCUT2D eigenvalue weighted by Crippen LogP contribution is -2.45. The number of aromatic nitrogens is 2. The van der Waals surface area contributed by atoms with Crippen molar-refractivity contribution < 1.29 is 0 Å². The quantitative estimate of drug-likeness (QED) is 0.837. The van der Waals surface area contributed by atoms with Crippen LogP contribution in [0, 0.1) is 0 Å². The van der Waals surface area contributed by atoms with E-state index in [1.54, 1.807) is 0 Å². The van der Waals surface area contributed by atoms with Crippen LogP contribution >= 0.6 is 11.8 Å². The van der Waals surface area contributed by atoms with Gasteiger partial charge in [-0.05, 0) is 13.5 Å². The van der Waals surface area contributed by atoms with Crippen LogP contribution < -0.4 is 4.90 Å². The third-order valence-corrected chi connectivity index (χ3v) is 5.93. The van der Waals surface area contributed by atoms with E-state index < -0.39 is 0 Å². The molecule has 0 bridgehead atoms. The Morgan fingerprint density at radius 1 is 1.14 bits per heavy atom. The molecule has 1 atom stereocenters. The average Bonchev–Trinajstić information content (AvgIpc) is 2.57. The molecule has 0 N–H and O–H groups in total. The van der Waals surface area contributed by atoms with Gasteiger partial charge in [0, 0.05) is 74.8 Å². The zero-order chi connectivity index (χ0) is 15.4. The minimum Gasteiger partial charge on any atom is -0.338 e. The minimum absolute atomic E-state index is 0.791. The van der Waals surface area contributed by atoms with Crippen LogP contribution in [-0.4, -0.2) is 77.1 Å². The Hall–Kier alpha value is -0.850. The van der Waals surface area contributed by atoms with Crippen LogP contribution in [-0.2, 0) is 6.54 Å². The SMILES string of the molecule is CC[C@@H]1CN(Cc2cnc(N3CCN(C)CC3)nc2)CCS1. The highest BCUT2D eigenvalue weighted by molar-refractivity contribution is 8.00. The van der Waals surface area contributed by atoms with Gasteiger partial charge in [0.15, 0.2) is 0 Å². The summed E-state index contributed by atoms with van der Waals surface area (Å²) in [7, 11) is 2.17. The van der Waals surface area contributed by atoms with E-state index in [-0.39, 0.29) is 0 Å². The normalized spacial score (nSPS) is 24.6. The lowest BCUT2D eigenvalue weighted by atomic mass is 10.2. The van der Waals surface area contributed by atoms with Gasteiger partial charge < -0.3 is 9.80 Å². The summed E-state index contributed by atoms with van der Waals surface area (Å²) in [5.41, 5.74) is 1.24. The van der Waals surface area contributed by atoms with E-state index >= 15 is 0 Å². The van der Waals surface area contributed by atoms with Crippen molar-refractivity contribution in [2.45, 2.75) is 25.1 Å². The molecule has 0 amide bonds. The third-order valence-electron chi connectivity index (χ3n) is 4.56. The Bertz CT molecular complexity index is 458. The number of hydrogen-bond donors (Lipinski definition) is 0. The number of anilines is 1. The molecule has 22 heavy (non-hydrogen) atoms. The summed E-state index contributed by atoms with van der Waals surface area (Å²) < 4.78 is 0. The standard InChI is InChI=1S/C16H27N5S/c1-3-15-13-20(8-9-22-15)12-14-10-17-16(18-11-14)21-6-4-19(2)5-7-21/h10-11,15H,3-9,12-13H2,1-2H3/t15-/m1/s1. The fourth-order valence-corrected chi connectivity index (χ4v) is 4.28. The van der Waals surface area contributed by atoms with E-state index in [1.807, 2.05) is 12.4 Å². The summed E-state index contributed by atoms with van der Waals surface area (Å²) in [5.74, 6) is 2.14. The summed E-state index contributed by atoms with van der Waals surface area (Å²) >= 11 is 2.12. The molecule has 1 aromatic rings. The van der Waals surface area contributed by atoms with Crippen LogP contribution in [0.3, 0.4) is 0 Å². The highest BCUT2D eigenvalue weighted by Crippen LogP contribution is 2.22. The molecular weight excluding hydrogens is 294 g/mol. The maximum Gasteiger partial charge on any atom is 0.225 e. The van der Waals surface area contributed by atoms with E-state index in [4.69, 9.17) is 0 Å². The maximum absolute atomic E-state index is 4.60. The molecule has 3 heterocycles. The van der Waals surface area contributed by atoms with E-state index in [0.29, 0.717) is 0 Å². The van der Waals surface area contributed by atoms with Crippen molar-refractivity contribution in [3.63, 3.8) is 0 Å². The zero-order valence-electron chi connectivity index (χ0n) is 13.7. The van der Waals surface area contributed by atoms with Crippen molar-refractivity contribution in [3.05, 3.63) is 18.0 Å². The van der Waals surface area contributed by atoms with Crippen LogP contribution in [0.5, 0.6) is 0 Å². The molecule has 2 fully saturated rings. The van der Waals surface area contributed by atoms with Gasteiger partial charge in [-0.3, -0.25) is 4.90 Å². The predicted molar refractivity (Wildman–Crippen MR) is 93.6 cm³/mol. The number of rotatable bonds is 4. The van der Waals surface area contributed by atoms with E-state index in [1.165, 1.54) is 30.8 Å². The van der Waals surface area contributed by atoms with Crippen LogP contribution in [0.15, 0.2) is 12.4 Å². The second kappa shape index (κ2) is 7.62. The molecule has 0 spiro atoms. The molecule has 2 aliphatic heterocycles. The number of piperazine rings is 1. The first kappa shape index (κ1) is 16.0. The highest BCUT2D eigenvalue weighted by atomic mass is 32.2. The largest absolute Gasteiger partial charge is 0.338 e. The predicted octanol–water partition coefficient (Wildman–Crippen LogP) is 1.56. The second-order valence-corrected chi connectivity index (χ2v) is 7.73. The van der Waals surface area contributed by atoms with Gasteiger partial charge in [-0.15, -0.1) is 0 Å². The van der Waals surface area contributed by atoms with E-state index in [9.17, 15) is 0 Å². The Kier molecular flexibility index (Phi) is 5.55. The molecule has 6 heteroatoms. The summed E-state index contributed by atoms with van der Waals surface area (Å²) in [6, 6.07) is 0. The molecular formula is C16H27N5S. The maximum atomic E-state index is 4.60. The van der Waals surface area contributed by atoms with Gasteiger partial charge in [0.2, 0.25) is 5.95 Å². The lowest BCUT2D eigenvalue weighted by Gasteiger charge is -2.33. The molecule has 122 valence electrons. The molecule has 0 aliphatic carbocycles. The van der Waals surface area contributed by atoms with E-state index in [2.05, 4.69) is 50.4 Å². The average molecular weight is 321 g/mol. The number of hydrogen-bond acceptors (Lipinski definition) is 6. The fourth-order valence-electron chi connectivity index (χ4n) is 3.03. The molecule has 2 aliphatic rings. The van der Waals surface area contributed by atoms with Gasteiger partial charge in [-0.1, -0.05) is 6.92 Å². The van der Waals surface area contributed by atoms with Crippen molar-refractivity contribution in [1.82, 2.24) is 19.8 Å². The second-order valence-electron chi connectivity index (χ2n) is 6.32. The summed E-state index contributed by atoms with van der Waals surface area (Å²) in [6.45, 7) is 9.89. The number of likely N-dealkylation sites (N-methyl/N-ethyl adjacent to an activating group) is 1. The molecule has 5 nitrogen and oxygen atoms in total. The van der Waals surface area contributed by atoms with Crippen LogP contribution in [0.1, 0.15) is 18.9 Å². The van der Waals surface area contributed by atoms with Crippen LogP contribution in [0.25, 0.3) is 0 Å². The van der Waals surface area contributed by atoms with Crippen molar-refractivity contribution >= 4 is 17.7 Å². The summed E-state index contributed by atoms with van der Waals surface area (Å²) in [6.07, 6.45) is 5.30. The number of nitrogens with zero attached hydrogens (tertiary/aromatic N) is 5. The molecule has 3 rings (SSSR count). The van der Waals surface area contributed by atoms with Crippen molar-refractivity contribution in [2.75, 3.05) is 57.0 Å². The van der Waals surface area contributed by atoms with Crippen molar-refractivity contribution in [3.8, 4) is 0 Å². The van der Waals surface area contributed by atoms with Gasteiger partial charge in [-0.2, -0.15) is 11.8 Å². The first-order valence-corrected chi connectivity index (χ1v) is 9.38. The van der Waals surface area contributed by atoms with Crippen molar-refractivity contribution in [1.29, 1.82) is 0 Å². The van der Waals surface area contributed by atoms with Crippen molar-refractivity contribution in [2.24, 2.45) is 0 Å². The van der Waals surface area contributed by atoms with Gasteiger partial charge in [0.1, 0.15) is 0 Å². The number of thioether (sulfide) groups is 1. The summed E-state index contributed by atoms with van der Waals surface area (Å²) in [5, 5.41) is 0.791. The first-order chi connectivity index (χ1) is 10.7. The minimum atomic E-state index is 0.791. The van der Waals surface area contributed by atoms with Gasteiger partial charge in [-0.25, -0.2) is 9.97 Å². The van der Waals surface area contributed by atoms with Crippen LogP contribution in [0.2, 0.25) is 0 Å². The van der Waals surface area contributed by atoms with Gasteiger partial charge in [0.05, 0.1) is 0 Å². The Morgan fingerprint density at radius 2 is 1.86 bits per heavy atom. The smallest absolute Gasteiger partial charge is 0.225 e. The molecule has 0 saturated carbocycles. The lowest BCUT2D eigenvalue weighted by molar-refractivity contribution is 0.272. The molecule has 0 radical (unpaired) electrons. The van der Waals surface area contributed by atoms with Gasteiger partial charge >= 0.3 is 0 Å². The van der Waals surface area contributed by atoms with Crippen LogP contribution in [0.4, 0.5) is 5.95 Å². The monoisotopic (exact) mass is 321 g/mol. The topological polar surface area (TPSA) is 35.5 Å². The first-order valence-electron chi connectivity index (χ1n) is 8.33. The Morgan fingerprint density at radius 3 is 2.55 bits per heavy atom. The molecule has 2 saturated heterocycles. The Balaban J connectivity index is 1.55. The van der Waals surface area contributed by atoms with E-state index in [0.717, 1.165) is 43.9 Å². The molecule has 0 unspecified atom stereocenters. The third kappa shape index (κ3) is 4.12. The van der Waals surface area contributed by atoms with Gasteiger partial charge in [0.25, 0.3) is 0 Å². The zero-order valence-corrected chi connectivity index (χ0v) is 14.6. The summed E-state index contributed by atoms with van der Waals surface area (Å²) in [4.78, 5) is 16.4. The highest BCUT2D eigenvalue weighted by Gasteiger charge is 2.20. The molecule has 0 aromatic carbocycles. The Labute approximate surface area is 138 Å².